The lowest BCUT2D eigenvalue weighted by molar-refractivity contribution is -0.131. The highest BCUT2D eigenvalue weighted by Gasteiger charge is 2.37. The number of ether oxygens (including phenoxy) is 1. The van der Waals surface area contributed by atoms with Crippen molar-refractivity contribution in [2.45, 2.75) is 52.2 Å². The molecule has 0 aliphatic carbocycles. The summed E-state index contributed by atoms with van der Waals surface area (Å²) in [5.41, 5.74) is 0. The molecule has 4 nitrogen and oxygen atoms in total. The molecule has 104 valence electrons. The van der Waals surface area contributed by atoms with Gasteiger partial charge >= 0.3 is 0 Å². The first-order valence-corrected chi connectivity index (χ1v) is 7.22. The van der Waals surface area contributed by atoms with E-state index in [1.165, 1.54) is 6.42 Å². The Morgan fingerprint density at radius 1 is 1.50 bits per heavy atom. The Labute approximate surface area is 110 Å². The zero-order valence-electron chi connectivity index (χ0n) is 11.8. The van der Waals surface area contributed by atoms with Crippen LogP contribution >= 0.6 is 0 Å². The third-order valence-corrected chi connectivity index (χ3v) is 3.91. The Morgan fingerprint density at radius 3 is 2.89 bits per heavy atom. The van der Waals surface area contributed by atoms with Crippen molar-refractivity contribution in [2.75, 3.05) is 19.8 Å². The van der Waals surface area contributed by atoms with Crippen molar-refractivity contribution in [3.05, 3.63) is 0 Å². The fourth-order valence-corrected chi connectivity index (χ4v) is 2.96. The number of hydrogen-bond donors (Lipinski definition) is 1. The number of nitrogens with one attached hydrogen (secondary N) is 1. The van der Waals surface area contributed by atoms with Gasteiger partial charge in [-0.1, -0.05) is 13.8 Å². The summed E-state index contributed by atoms with van der Waals surface area (Å²) in [7, 11) is 0. The highest BCUT2D eigenvalue weighted by atomic mass is 16.5. The number of carbonyl (C=O) groups is 1. The van der Waals surface area contributed by atoms with Gasteiger partial charge in [0.1, 0.15) is 0 Å². The van der Waals surface area contributed by atoms with Crippen molar-refractivity contribution in [2.24, 2.45) is 11.8 Å². The van der Waals surface area contributed by atoms with Crippen molar-refractivity contribution in [1.82, 2.24) is 10.2 Å². The highest BCUT2D eigenvalue weighted by Crippen LogP contribution is 2.21. The molecule has 2 aliphatic heterocycles. The van der Waals surface area contributed by atoms with Gasteiger partial charge in [0.25, 0.3) is 0 Å². The lowest BCUT2D eigenvalue weighted by atomic mass is 10.0. The summed E-state index contributed by atoms with van der Waals surface area (Å²) in [5.74, 6) is 1.35. The topological polar surface area (TPSA) is 41.6 Å². The third-order valence-electron chi connectivity index (χ3n) is 3.91. The van der Waals surface area contributed by atoms with Crippen molar-refractivity contribution in [1.29, 1.82) is 0 Å². The molecule has 2 saturated heterocycles. The standard InChI is InChI=1S/C14H26N2O2/c1-10(2)7-13-14(17)16(11(3)15-13)8-12-5-4-6-18-9-12/h10-13,15H,4-9H2,1-3H3. The van der Waals surface area contributed by atoms with E-state index in [-0.39, 0.29) is 18.1 Å². The fourth-order valence-electron chi connectivity index (χ4n) is 2.96. The number of carbonyl (C=O) groups excluding carboxylic acids is 1. The van der Waals surface area contributed by atoms with Crippen LogP contribution in [0.3, 0.4) is 0 Å². The zero-order valence-corrected chi connectivity index (χ0v) is 11.8. The molecule has 0 aromatic carbocycles. The van der Waals surface area contributed by atoms with E-state index < -0.39 is 0 Å². The lowest BCUT2D eigenvalue weighted by Gasteiger charge is -2.29. The number of rotatable bonds is 4. The van der Waals surface area contributed by atoms with E-state index >= 15 is 0 Å². The normalized spacial score (nSPS) is 33.4. The van der Waals surface area contributed by atoms with Gasteiger partial charge in [0, 0.05) is 19.1 Å². The highest BCUT2D eigenvalue weighted by molar-refractivity contribution is 5.84. The van der Waals surface area contributed by atoms with Crippen molar-refractivity contribution in [3.63, 3.8) is 0 Å². The van der Waals surface area contributed by atoms with Gasteiger partial charge in [0.05, 0.1) is 18.8 Å². The Bertz CT molecular complexity index is 288. The quantitative estimate of drug-likeness (QED) is 0.828. The Kier molecular flexibility index (Phi) is 4.62. The number of amides is 1. The molecular formula is C14H26N2O2. The minimum Gasteiger partial charge on any atom is -0.381 e. The first-order valence-electron chi connectivity index (χ1n) is 7.22. The third kappa shape index (κ3) is 3.23. The van der Waals surface area contributed by atoms with Crippen LogP contribution in [-0.2, 0) is 9.53 Å². The lowest BCUT2D eigenvalue weighted by Crippen LogP contribution is -2.40. The van der Waals surface area contributed by atoms with Crippen LogP contribution in [0.2, 0.25) is 0 Å². The van der Waals surface area contributed by atoms with Crippen LogP contribution in [0.15, 0.2) is 0 Å². The summed E-state index contributed by atoms with van der Waals surface area (Å²) >= 11 is 0. The van der Waals surface area contributed by atoms with E-state index in [9.17, 15) is 4.79 Å². The summed E-state index contributed by atoms with van der Waals surface area (Å²) < 4.78 is 5.50. The molecule has 0 aromatic heterocycles. The molecule has 0 spiro atoms. The van der Waals surface area contributed by atoms with E-state index in [0.29, 0.717) is 11.8 Å². The van der Waals surface area contributed by atoms with Crippen LogP contribution in [0.5, 0.6) is 0 Å². The second-order valence-corrected chi connectivity index (χ2v) is 6.10. The summed E-state index contributed by atoms with van der Waals surface area (Å²) in [5, 5.41) is 3.41. The molecule has 1 N–H and O–H groups in total. The van der Waals surface area contributed by atoms with E-state index in [2.05, 4.69) is 26.1 Å². The average molecular weight is 254 g/mol. The van der Waals surface area contributed by atoms with E-state index in [1.807, 2.05) is 4.90 Å². The van der Waals surface area contributed by atoms with E-state index in [1.54, 1.807) is 0 Å². The second-order valence-electron chi connectivity index (χ2n) is 6.10. The molecule has 2 aliphatic rings. The molecule has 1 amide bonds. The van der Waals surface area contributed by atoms with E-state index in [4.69, 9.17) is 4.74 Å². The zero-order chi connectivity index (χ0) is 13.1. The predicted molar refractivity (Wildman–Crippen MR) is 71.1 cm³/mol. The molecule has 0 bridgehead atoms. The maximum atomic E-state index is 12.3. The molecule has 0 radical (unpaired) electrons. The van der Waals surface area contributed by atoms with Gasteiger partial charge in [-0.3, -0.25) is 10.1 Å². The van der Waals surface area contributed by atoms with Gasteiger partial charge in [-0.2, -0.15) is 0 Å². The van der Waals surface area contributed by atoms with Crippen LogP contribution in [0.25, 0.3) is 0 Å². The molecule has 3 unspecified atom stereocenters. The van der Waals surface area contributed by atoms with Crippen LogP contribution in [0.4, 0.5) is 0 Å². The summed E-state index contributed by atoms with van der Waals surface area (Å²) in [6, 6.07) is 0.0181. The molecule has 2 fully saturated rings. The molecule has 2 heterocycles. The van der Waals surface area contributed by atoms with Gasteiger partial charge in [-0.05, 0) is 32.1 Å². The second kappa shape index (κ2) is 6.02. The molecule has 4 heteroatoms. The first kappa shape index (κ1) is 13.8. The van der Waals surface area contributed by atoms with Crippen molar-refractivity contribution >= 4 is 5.91 Å². The Morgan fingerprint density at radius 2 is 2.28 bits per heavy atom. The maximum Gasteiger partial charge on any atom is 0.241 e. The van der Waals surface area contributed by atoms with Gasteiger partial charge < -0.3 is 9.64 Å². The van der Waals surface area contributed by atoms with Gasteiger partial charge in [0.2, 0.25) is 5.91 Å². The van der Waals surface area contributed by atoms with Crippen LogP contribution in [0.1, 0.15) is 40.0 Å². The minimum atomic E-state index is 0.0181. The fraction of sp³-hybridized carbons (Fsp3) is 0.929. The van der Waals surface area contributed by atoms with Crippen molar-refractivity contribution < 1.29 is 9.53 Å². The number of hydrogen-bond acceptors (Lipinski definition) is 3. The van der Waals surface area contributed by atoms with Gasteiger partial charge in [-0.25, -0.2) is 0 Å². The molecule has 0 aromatic rings. The summed E-state index contributed by atoms with van der Waals surface area (Å²) in [4.78, 5) is 14.4. The van der Waals surface area contributed by atoms with Crippen molar-refractivity contribution in [3.8, 4) is 0 Å². The predicted octanol–water partition coefficient (Wildman–Crippen LogP) is 1.61. The van der Waals surface area contributed by atoms with Gasteiger partial charge in [0.15, 0.2) is 0 Å². The first-order chi connectivity index (χ1) is 8.58. The largest absolute Gasteiger partial charge is 0.381 e. The van der Waals surface area contributed by atoms with Gasteiger partial charge in [-0.15, -0.1) is 0 Å². The number of nitrogens with zero attached hydrogens (tertiary/aromatic N) is 1. The monoisotopic (exact) mass is 254 g/mol. The van der Waals surface area contributed by atoms with Crippen LogP contribution in [0, 0.1) is 11.8 Å². The SMILES string of the molecule is CC(C)CC1NC(C)N(CC2CCCOC2)C1=O. The molecule has 2 rings (SSSR count). The summed E-state index contributed by atoms with van der Waals surface area (Å²) in [6.45, 7) is 8.96. The molecule has 0 saturated carbocycles. The Balaban J connectivity index is 1.89. The van der Waals surface area contributed by atoms with E-state index in [0.717, 1.165) is 32.6 Å². The Hall–Kier alpha value is -0.610. The molecule has 18 heavy (non-hydrogen) atoms. The van der Waals surface area contributed by atoms with Crippen LogP contribution < -0.4 is 5.32 Å². The molecule has 3 atom stereocenters. The summed E-state index contributed by atoms with van der Waals surface area (Å²) in [6.07, 6.45) is 3.42. The molecular weight excluding hydrogens is 228 g/mol. The smallest absolute Gasteiger partial charge is 0.241 e. The van der Waals surface area contributed by atoms with Crippen LogP contribution in [-0.4, -0.2) is 42.8 Å². The minimum absolute atomic E-state index is 0.0181. The average Bonchev–Trinajstić information content (AvgIpc) is 2.58. The maximum absolute atomic E-state index is 12.3.